The summed E-state index contributed by atoms with van der Waals surface area (Å²) in [5.74, 6) is -1.20. The van der Waals surface area contributed by atoms with Crippen molar-refractivity contribution in [2.75, 3.05) is 14.2 Å². The van der Waals surface area contributed by atoms with E-state index in [9.17, 15) is 14.4 Å². The number of Topliss-reactive ketones (excluding diaryl/α,β-unsaturated/α-hetero) is 1. The number of ketones is 1. The van der Waals surface area contributed by atoms with Gasteiger partial charge in [0.15, 0.2) is 11.2 Å². The van der Waals surface area contributed by atoms with E-state index in [0.29, 0.717) is 18.4 Å². The molecule has 0 saturated heterocycles. The van der Waals surface area contributed by atoms with Crippen molar-refractivity contribution in [2.45, 2.75) is 25.7 Å². The number of hydrogen-bond donors (Lipinski definition) is 0. The van der Waals surface area contributed by atoms with Crippen LogP contribution < -0.4 is 0 Å². The Kier molecular flexibility index (Phi) is 5.85. The molecule has 0 amide bonds. The van der Waals surface area contributed by atoms with Gasteiger partial charge in [0.25, 0.3) is 0 Å². The van der Waals surface area contributed by atoms with Gasteiger partial charge in [-0.25, -0.2) is 0 Å². The summed E-state index contributed by atoms with van der Waals surface area (Å²) in [6, 6.07) is 19.6. The third-order valence-electron chi connectivity index (χ3n) is 7.09. The molecule has 0 aromatic heterocycles. The SMILES string of the molecule is COC(=O)C1(C(=O)OC)Cc2c(c(-c3ccccc3)c3c(c2-c2ccccc2)C=CCCC3=O)C1. The Bertz CT molecular complexity index is 1340. The van der Waals surface area contributed by atoms with Gasteiger partial charge in [0.1, 0.15) is 0 Å². The first kappa shape index (κ1) is 22.8. The summed E-state index contributed by atoms with van der Waals surface area (Å²) in [6.07, 6.45) is 5.35. The van der Waals surface area contributed by atoms with Gasteiger partial charge in [-0.05, 0) is 45.4 Å². The third-order valence-corrected chi connectivity index (χ3v) is 7.09. The van der Waals surface area contributed by atoms with E-state index in [1.807, 2.05) is 72.8 Å². The highest BCUT2D eigenvalue weighted by Crippen LogP contribution is 2.51. The van der Waals surface area contributed by atoms with Crippen LogP contribution in [-0.4, -0.2) is 31.9 Å². The number of methoxy groups -OCH3 is 2. The summed E-state index contributed by atoms with van der Waals surface area (Å²) in [5.41, 5.74) is 5.18. The van der Waals surface area contributed by atoms with Gasteiger partial charge >= 0.3 is 11.9 Å². The van der Waals surface area contributed by atoms with Crippen LogP contribution in [0, 0.1) is 5.41 Å². The van der Waals surface area contributed by atoms with Crippen molar-refractivity contribution in [3.8, 4) is 22.3 Å². The van der Waals surface area contributed by atoms with E-state index in [-0.39, 0.29) is 18.6 Å². The van der Waals surface area contributed by atoms with Crippen molar-refractivity contribution >= 4 is 23.8 Å². The molecular weight excluding hydrogens is 440 g/mol. The van der Waals surface area contributed by atoms with E-state index in [2.05, 4.69) is 0 Å². The van der Waals surface area contributed by atoms with Crippen molar-refractivity contribution in [3.05, 3.63) is 89.0 Å². The second kappa shape index (κ2) is 8.99. The quantitative estimate of drug-likeness (QED) is 0.378. The van der Waals surface area contributed by atoms with E-state index in [1.165, 1.54) is 14.2 Å². The Hall–Kier alpha value is -3.99. The molecule has 0 spiro atoms. The molecule has 2 aliphatic rings. The van der Waals surface area contributed by atoms with E-state index in [4.69, 9.17) is 9.47 Å². The molecule has 3 aromatic rings. The summed E-state index contributed by atoms with van der Waals surface area (Å²) in [5, 5.41) is 0. The number of benzene rings is 3. The molecule has 0 atom stereocenters. The molecule has 0 radical (unpaired) electrons. The largest absolute Gasteiger partial charge is 0.468 e. The van der Waals surface area contributed by atoms with Crippen LogP contribution in [0.25, 0.3) is 28.3 Å². The minimum absolute atomic E-state index is 0.0532. The highest BCUT2D eigenvalue weighted by atomic mass is 16.5. The van der Waals surface area contributed by atoms with Crippen molar-refractivity contribution in [2.24, 2.45) is 5.41 Å². The molecule has 0 N–H and O–H groups in total. The number of carbonyl (C=O) groups is 3. The lowest BCUT2D eigenvalue weighted by Gasteiger charge is -2.22. The molecule has 5 heteroatoms. The average Bonchev–Trinajstić information content (AvgIpc) is 3.21. The second-order valence-corrected chi connectivity index (χ2v) is 9.01. The topological polar surface area (TPSA) is 69.7 Å². The van der Waals surface area contributed by atoms with Crippen LogP contribution in [0.5, 0.6) is 0 Å². The Balaban J connectivity index is 1.93. The van der Waals surface area contributed by atoms with Crippen LogP contribution in [0.1, 0.15) is 39.9 Å². The molecule has 0 bridgehead atoms. The predicted octanol–water partition coefficient (Wildman–Crippen LogP) is 5.44. The fourth-order valence-electron chi connectivity index (χ4n) is 5.55. The molecule has 0 saturated carbocycles. The molecule has 35 heavy (non-hydrogen) atoms. The summed E-state index contributed by atoms with van der Waals surface area (Å²) in [7, 11) is 2.57. The molecule has 3 aromatic carbocycles. The third kappa shape index (κ3) is 3.59. The zero-order chi connectivity index (χ0) is 24.6. The van der Waals surface area contributed by atoms with Gasteiger partial charge in [-0.2, -0.15) is 0 Å². The highest BCUT2D eigenvalue weighted by molar-refractivity contribution is 6.11. The molecule has 0 fully saturated rings. The lowest BCUT2D eigenvalue weighted by atomic mass is 9.81. The molecule has 0 aliphatic heterocycles. The zero-order valence-corrected chi connectivity index (χ0v) is 19.8. The van der Waals surface area contributed by atoms with E-state index in [1.54, 1.807) is 0 Å². The molecule has 176 valence electrons. The number of allylic oxidation sites excluding steroid dienone is 1. The first-order valence-corrected chi connectivity index (χ1v) is 11.7. The molecule has 2 aliphatic carbocycles. The zero-order valence-electron chi connectivity index (χ0n) is 19.8. The Labute approximate surface area is 204 Å². The molecule has 5 nitrogen and oxygen atoms in total. The van der Waals surface area contributed by atoms with Crippen LogP contribution in [0.4, 0.5) is 0 Å². The molecular formula is C30H26O5. The van der Waals surface area contributed by atoms with Gasteiger partial charge in [0.2, 0.25) is 0 Å². The normalized spacial score (nSPS) is 15.7. The van der Waals surface area contributed by atoms with Crippen molar-refractivity contribution < 1.29 is 23.9 Å². The van der Waals surface area contributed by atoms with Crippen LogP contribution >= 0.6 is 0 Å². The van der Waals surface area contributed by atoms with E-state index in [0.717, 1.165) is 38.9 Å². The van der Waals surface area contributed by atoms with Gasteiger partial charge < -0.3 is 9.47 Å². The first-order valence-electron chi connectivity index (χ1n) is 11.7. The minimum Gasteiger partial charge on any atom is -0.468 e. The van der Waals surface area contributed by atoms with Crippen LogP contribution in [0.15, 0.2) is 66.7 Å². The summed E-state index contributed by atoms with van der Waals surface area (Å²) in [6.45, 7) is 0. The lowest BCUT2D eigenvalue weighted by Crippen LogP contribution is -2.42. The van der Waals surface area contributed by atoms with E-state index >= 15 is 0 Å². The Morgan fingerprint density at radius 2 is 1.26 bits per heavy atom. The Morgan fingerprint density at radius 1 is 0.743 bits per heavy atom. The van der Waals surface area contributed by atoms with Gasteiger partial charge in [-0.1, -0.05) is 72.8 Å². The van der Waals surface area contributed by atoms with Crippen LogP contribution in [0.2, 0.25) is 0 Å². The van der Waals surface area contributed by atoms with Gasteiger partial charge in [0.05, 0.1) is 14.2 Å². The Morgan fingerprint density at radius 3 is 1.80 bits per heavy atom. The maximum absolute atomic E-state index is 13.6. The lowest BCUT2D eigenvalue weighted by molar-refractivity contribution is -0.168. The van der Waals surface area contributed by atoms with Crippen molar-refractivity contribution in [1.82, 2.24) is 0 Å². The van der Waals surface area contributed by atoms with Crippen molar-refractivity contribution in [3.63, 3.8) is 0 Å². The predicted molar refractivity (Wildman–Crippen MR) is 134 cm³/mol. The maximum Gasteiger partial charge on any atom is 0.323 e. The summed E-state index contributed by atoms with van der Waals surface area (Å²) in [4.78, 5) is 39.9. The summed E-state index contributed by atoms with van der Waals surface area (Å²) < 4.78 is 10.3. The number of ether oxygens (including phenoxy) is 2. The standard InChI is InChI=1S/C30H26O5/c1-34-28(32)30(29(33)35-2)17-22-23(18-30)26(20-13-7-4-8-14-20)27-21(15-9-10-16-24(27)31)25(22)19-11-5-3-6-12-19/h3-9,11-15H,10,16-18H2,1-2H3. The molecule has 0 unspecified atom stereocenters. The van der Waals surface area contributed by atoms with Gasteiger partial charge in [0, 0.05) is 24.8 Å². The number of rotatable bonds is 4. The first-order chi connectivity index (χ1) is 17.0. The van der Waals surface area contributed by atoms with Gasteiger partial charge in [-0.3, -0.25) is 14.4 Å². The van der Waals surface area contributed by atoms with Crippen molar-refractivity contribution in [1.29, 1.82) is 0 Å². The fourth-order valence-corrected chi connectivity index (χ4v) is 5.55. The average molecular weight is 467 g/mol. The summed E-state index contributed by atoms with van der Waals surface area (Å²) >= 11 is 0. The fraction of sp³-hybridized carbons (Fsp3) is 0.233. The minimum atomic E-state index is -1.51. The molecule has 0 heterocycles. The van der Waals surface area contributed by atoms with Crippen LogP contribution in [0.3, 0.4) is 0 Å². The van der Waals surface area contributed by atoms with Crippen LogP contribution in [-0.2, 0) is 31.9 Å². The number of fused-ring (bicyclic) bond motifs is 2. The second-order valence-electron chi connectivity index (χ2n) is 9.01. The highest BCUT2D eigenvalue weighted by Gasteiger charge is 2.54. The maximum atomic E-state index is 13.6. The smallest absolute Gasteiger partial charge is 0.323 e. The number of hydrogen-bond acceptors (Lipinski definition) is 5. The molecule has 5 rings (SSSR count). The number of carbonyl (C=O) groups excluding carboxylic acids is 3. The van der Waals surface area contributed by atoms with E-state index < -0.39 is 17.4 Å². The number of esters is 2. The van der Waals surface area contributed by atoms with Gasteiger partial charge in [-0.15, -0.1) is 0 Å². The monoisotopic (exact) mass is 466 g/mol.